The van der Waals surface area contributed by atoms with E-state index in [0.29, 0.717) is 24.5 Å². The summed E-state index contributed by atoms with van der Waals surface area (Å²) in [6, 6.07) is 10.4. The van der Waals surface area contributed by atoms with Crippen LogP contribution in [-0.4, -0.2) is 63.4 Å². The minimum atomic E-state index is -3.70. The second-order valence-corrected chi connectivity index (χ2v) is 8.11. The molecule has 1 fully saturated rings. The zero-order valence-electron chi connectivity index (χ0n) is 15.7. The summed E-state index contributed by atoms with van der Waals surface area (Å²) >= 11 is 0. The number of amides is 1. The number of hydrogen-bond acceptors (Lipinski definition) is 7. The highest BCUT2D eigenvalue weighted by molar-refractivity contribution is 7.89. The molecule has 1 heterocycles. The van der Waals surface area contributed by atoms with Crippen molar-refractivity contribution < 1.29 is 27.8 Å². The number of phenolic OH excluding ortho intramolecular Hbond substituents is 1. The van der Waals surface area contributed by atoms with Crippen LogP contribution in [-0.2, 0) is 14.8 Å². The largest absolute Gasteiger partial charge is 0.504 e. The molecule has 0 radical (unpaired) electrons. The molecule has 1 aliphatic rings. The summed E-state index contributed by atoms with van der Waals surface area (Å²) in [5.74, 6) is -0.286. The van der Waals surface area contributed by atoms with Crippen molar-refractivity contribution in [2.45, 2.75) is 4.90 Å². The van der Waals surface area contributed by atoms with Gasteiger partial charge in [0, 0.05) is 18.7 Å². The monoisotopic (exact) mass is 419 g/mol. The summed E-state index contributed by atoms with van der Waals surface area (Å²) < 4.78 is 36.9. The van der Waals surface area contributed by atoms with Crippen LogP contribution in [0.4, 0.5) is 0 Å². The number of aromatic hydroxyl groups is 1. The van der Waals surface area contributed by atoms with E-state index < -0.39 is 15.9 Å². The van der Waals surface area contributed by atoms with Gasteiger partial charge in [-0.3, -0.25) is 4.79 Å². The van der Waals surface area contributed by atoms with Crippen molar-refractivity contribution in [2.24, 2.45) is 5.10 Å². The molecule has 0 aliphatic carbocycles. The molecule has 10 heteroatoms. The van der Waals surface area contributed by atoms with Crippen LogP contribution in [0.15, 0.2) is 52.5 Å². The van der Waals surface area contributed by atoms with Crippen LogP contribution < -0.4 is 10.2 Å². The number of hydrogen-bond donors (Lipinski definition) is 2. The molecule has 0 spiro atoms. The van der Waals surface area contributed by atoms with Crippen molar-refractivity contribution in [3.05, 3.63) is 53.6 Å². The summed E-state index contributed by atoms with van der Waals surface area (Å²) in [7, 11) is -2.26. The summed E-state index contributed by atoms with van der Waals surface area (Å²) in [4.78, 5) is 12.4. The van der Waals surface area contributed by atoms with Crippen molar-refractivity contribution in [1.82, 2.24) is 9.73 Å². The average molecular weight is 419 g/mol. The lowest BCUT2D eigenvalue weighted by Crippen LogP contribution is -2.40. The smallest absolute Gasteiger partial charge is 0.271 e. The zero-order valence-corrected chi connectivity index (χ0v) is 16.6. The van der Waals surface area contributed by atoms with E-state index in [1.54, 1.807) is 12.1 Å². The number of morpholine rings is 1. The minimum absolute atomic E-state index is 0.0381. The number of ether oxygens (including phenoxy) is 2. The van der Waals surface area contributed by atoms with E-state index in [0.717, 1.165) is 0 Å². The first-order chi connectivity index (χ1) is 13.9. The lowest BCUT2D eigenvalue weighted by atomic mass is 10.2. The molecular weight excluding hydrogens is 398 g/mol. The van der Waals surface area contributed by atoms with Crippen molar-refractivity contribution in [3.8, 4) is 11.5 Å². The van der Waals surface area contributed by atoms with Gasteiger partial charge in [0.05, 0.1) is 31.4 Å². The molecule has 1 aliphatic heterocycles. The Balaban J connectivity index is 1.70. The van der Waals surface area contributed by atoms with Crippen LogP contribution in [0.5, 0.6) is 11.5 Å². The molecule has 3 rings (SSSR count). The van der Waals surface area contributed by atoms with Gasteiger partial charge in [0.2, 0.25) is 10.0 Å². The number of sulfonamides is 1. The van der Waals surface area contributed by atoms with E-state index in [4.69, 9.17) is 9.47 Å². The minimum Gasteiger partial charge on any atom is -0.504 e. The third kappa shape index (κ3) is 4.91. The Morgan fingerprint density at radius 1 is 1.24 bits per heavy atom. The molecule has 0 saturated carbocycles. The molecular formula is C19H21N3O6S. The predicted molar refractivity (Wildman–Crippen MR) is 106 cm³/mol. The normalized spacial score (nSPS) is 15.3. The zero-order chi connectivity index (χ0) is 20.9. The van der Waals surface area contributed by atoms with E-state index in [2.05, 4.69) is 10.5 Å². The number of phenols is 1. The van der Waals surface area contributed by atoms with Gasteiger partial charge in [-0.05, 0) is 42.0 Å². The summed E-state index contributed by atoms with van der Waals surface area (Å²) in [6.07, 6.45) is 1.35. The van der Waals surface area contributed by atoms with E-state index >= 15 is 0 Å². The molecule has 1 amide bonds. The average Bonchev–Trinajstić information content (AvgIpc) is 2.74. The molecule has 2 aromatic carbocycles. The van der Waals surface area contributed by atoms with Crippen molar-refractivity contribution in [3.63, 3.8) is 0 Å². The maximum absolute atomic E-state index is 12.7. The molecule has 0 bridgehead atoms. The Kier molecular flexibility index (Phi) is 6.47. The molecule has 29 heavy (non-hydrogen) atoms. The van der Waals surface area contributed by atoms with Crippen LogP contribution in [0.1, 0.15) is 15.9 Å². The molecule has 0 atom stereocenters. The highest BCUT2D eigenvalue weighted by Gasteiger charge is 2.26. The van der Waals surface area contributed by atoms with Gasteiger partial charge in [0.15, 0.2) is 11.5 Å². The van der Waals surface area contributed by atoms with Crippen LogP contribution in [0.2, 0.25) is 0 Å². The first-order valence-corrected chi connectivity index (χ1v) is 10.2. The Hall–Kier alpha value is -2.95. The fourth-order valence-electron chi connectivity index (χ4n) is 2.75. The number of nitrogens with zero attached hydrogens (tertiary/aromatic N) is 2. The number of methoxy groups -OCH3 is 1. The van der Waals surface area contributed by atoms with Gasteiger partial charge in [0.25, 0.3) is 5.91 Å². The first-order valence-electron chi connectivity index (χ1n) is 8.80. The lowest BCUT2D eigenvalue weighted by molar-refractivity contribution is 0.0730. The fraction of sp³-hybridized carbons (Fsp3) is 0.263. The lowest BCUT2D eigenvalue weighted by Gasteiger charge is -2.26. The third-order valence-corrected chi connectivity index (χ3v) is 6.18. The van der Waals surface area contributed by atoms with Gasteiger partial charge in [0.1, 0.15) is 0 Å². The quantitative estimate of drug-likeness (QED) is 0.536. The highest BCUT2D eigenvalue weighted by atomic mass is 32.2. The van der Waals surface area contributed by atoms with E-state index in [9.17, 15) is 18.3 Å². The number of rotatable bonds is 6. The first kappa shape index (κ1) is 20.8. The van der Waals surface area contributed by atoms with Crippen molar-refractivity contribution in [2.75, 3.05) is 33.4 Å². The number of nitrogens with one attached hydrogen (secondary N) is 1. The second-order valence-electron chi connectivity index (χ2n) is 6.17. The van der Waals surface area contributed by atoms with Gasteiger partial charge >= 0.3 is 0 Å². The fourth-order valence-corrected chi connectivity index (χ4v) is 4.21. The van der Waals surface area contributed by atoms with Gasteiger partial charge in [-0.15, -0.1) is 0 Å². The standard InChI is InChI=1S/C19H21N3O6S/c1-27-18-6-5-14(11-17(18)23)13-20-21-19(24)15-3-2-4-16(12-15)29(25,26)22-7-9-28-10-8-22/h2-6,11-13,23H,7-10H2,1H3,(H,21,24)/b20-13+. The topological polar surface area (TPSA) is 118 Å². The van der Waals surface area contributed by atoms with Crippen LogP contribution in [0.25, 0.3) is 0 Å². The van der Waals surface area contributed by atoms with E-state index in [1.165, 1.54) is 48.0 Å². The summed E-state index contributed by atoms with van der Waals surface area (Å²) in [6.45, 7) is 1.24. The molecule has 1 saturated heterocycles. The Labute approximate surface area is 168 Å². The molecule has 2 aromatic rings. The Morgan fingerprint density at radius 2 is 2.00 bits per heavy atom. The van der Waals surface area contributed by atoms with Crippen LogP contribution >= 0.6 is 0 Å². The van der Waals surface area contributed by atoms with Crippen LogP contribution in [0.3, 0.4) is 0 Å². The SMILES string of the molecule is COc1ccc(/C=N/NC(=O)c2cccc(S(=O)(=O)N3CCOCC3)c2)cc1O. The van der Waals surface area contributed by atoms with E-state index in [-0.39, 0.29) is 29.3 Å². The molecule has 0 aromatic heterocycles. The molecule has 9 nitrogen and oxygen atoms in total. The number of carbonyl (C=O) groups is 1. The maximum Gasteiger partial charge on any atom is 0.271 e. The number of carbonyl (C=O) groups excluding carboxylic acids is 1. The highest BCUT2D eigenvalue weighted by Crippen LogP contribution is 2.25. The van der Waals surface area contributed by atoms with Crippen molar-refractivity contribution in [1.29, 1.82) is 0 Å². The van der Waals surface area contributed by atoms with Crippen molar-refractivity contribution >= 4 is 22.1 Å². The van der Waals surface area contributed by atoms with Crippen LogP contribution in [0, 0.1) is 0 Å². The Bertz CT molecular complexity index is 1020. The second kappa shape index (κ2) is 9.03. The molecule has 2 N–H and O–H groups in total. The van der Waals surface area contributed by atoms with Gasteiger partial charge in [-0.2, -0.15) is 9.41 Å². The Morgan fingerprint density at radius 3 is 2.69 bits per heavy atom. The number of hydrazone groups is 1. The maximum atomic E-state index is 12.7. The van der Waals surface area contributed by atoms with Gasteiger partial charge in [-0.1, -0.05) is 6.07 Å². The van der Waals surface area contributed by atoms with Gasteiger partial charge < -0.3 is 14.6 Å². The molecule has 154 valence electrons. The van der Waals surface area contributed by atoms with E-state index in [1.807, 2.05) is 0 Å². The molecule has 0 unspecified atom stereocenters. The predicted octanol–water partition coefficient (Wildman–Crippen LogP) is 1.19. The van der Waals surface area contributed by atoms with Gasteiger partial charge in [-0.25, -0.2) is 13.8 Å². The summed E-state index contributed by atoms with van der Waals surface area (Å²) in [5.41, 5.74) is 3.05. The summed E-state index contributed by atoms with van der Waals surface area (Å²) in [5, 5.41) is 13.6. The number of benzene rings is 2. The third-order valence-electron chi connectivity index (χ3n) is 4.29.